The van der Waals surface area contributed by atoms with Gasteiger partial charge in [-0.25, -0.2) is 0 Å². The zero-order valence-electron chi connectivity index (χ0n) is 9.80. The molecule has 2 aliphatic heterocycles. The van der Waals surface area contributed by atoms with Gasteiger partial charge in [-0.2, -0.15) is 0 Å². The van der Waals surface area contributed by atoms with E-state index in [0.717, 1.165) is 5.92 Å². The second-order valence-electron chi connectivity index (χ2n) is 4.97. The molecular formula is C12H25N3. The average Bonchev–Trinajstić information content (AvgIpc) is 2.22. The Morgan fingerprint density at radius 2 is 2.20 bits per heavy atom. The molecule has 0 aromatic rings. The van der Waals surface area contributed by atoms with E-state index >= 15 is 0 Å². The van der Waals surface area contributed by atoms with E-state index in [0.29, 0.717) is 0 Å². The zero-order valence-corrected chi connectivity index (χ0v) is 9.80. The van der Waals surface area contributed by atoms with Crippen LogP contribution in [0.4, 0.5) is 0 Å². The molecule has 2 fully saturated rings. The van der Waals surface area contributed by atoms with Crippen LogP contribution in [0.2, 0.25) is 0 Å². The molecule has 3 nitrogen and oxygen atoms in total. The molecule has 2 N–H and O–H groups in total. The lowest BCUT2D eigenvalue weighted by atomic mass is 10.00. The predicted octanol–water partition coefficient (Wildman–Crippen LogP) is 0.671. The normalized spacial score (nSPS) is 27.6. The molecule has 15 heavy (non-hydrogen) atoms. The number of nitrogens with one attached hydrogen (secondary N) is 2. The molecule has 88 valence electrons. The first-order valence-electron chi connectivity index (χ1n) is 6.59. The molecule has 0 aliphatic carbocycles. The summed E-state index contributed by atoms with van der Waals surface area (Å²) in [4.78, 5) is 2.55. The van der Waals surface area contributed by atoms with Crippen LogP contribution >= 0.6 is 0 Å². The van der Waals surface area contributed by atoms with Crippen LogP contribution in [0.5, 0.6) is 0 Å². The number of likely N-dealkylation sites (tertiary alicyclic amines) is 1. The molecule has 0 amide bonds. The second-order valence-corrected chi connectivity index (χ2v) is 4.97. The van der Waals surface area contributed by atoms with Crippen molar-refractivity contribution < 1.29 is 0 Å². The van der Waals surface area contributed by atoms with Gasteiger partial charge < -0.3 is 15.5 Å². The Morgan fingerprint density at radius 1 is 1.27 bits per heavy atom. The maximum Gasteiger partial charge on any atom is -0.000653 e. The van der Waals surface area contributed by atoms with E-state index in [1.165, 1.54) is 71.5 Å². The van der Waals surface area contributed by atoms with Crippen molar-refractivity contribution in [3.8, 4) is 0 Å². The van der Waals surface area contributed by atoms with Crippen molar-refractivity contribution in [1.29, 1.82) is 0 Å². The van der Waals surface area contributed by atoms with Gasteiger partial charge in [0.1, 0.15) is 0 Å². The summed E-state index contributed by atoms with van der Waals surface area (Å²) >= 11 is 0. The molecular weight excluding hydrogens is 186 g/mol. The first kappa shape index (κ1) is 11.4. The Kier molecular flexibility index (Phi) is 4.90. The fourth-order valence-electron chi connectivity index (χ4n) is 2.44. The smallest absolute Gasteiger partial charge is 0.000653 e. The summed E-state index contributed by atoms with van der Waals surface area (Å²) in [6, 6.07) is 0. The molecule has 2 saturated heterocycles. The monoisotopic (exact) mass is 211 g/mol. The summed E-state index contributed by atoms with van der Waals surface area (Å²) in [5.41, 5.74) is 0. The van der Waals surface area contributed by atoms with E-state index in [4.69, 9.17) is 0 Å². The van der Waals surface area contributed by atoms with Crippen LogP contribution in [0, 0.1) is 5.92 Å². The Labute approximate surface area is 93.6 Å². The van der Waals surface area contributed by atoms with Crippen LogP contribution < -0.4 is 10.6 Å². The van der Waals surface area contributed by atoms with E-state index < -0.39 is 0 Å². The number of hydrogen-bond donors (Lipinski definition) is 2. The summed E-state index contributed by atoms with van der Waals surface area (Å²) in [6.45, 7) is 8.85. The minimum atomic E-state index is 0.878. The largest absolute Gasteiger partial charge is 0.316 e. The van der Waals surface area contributed by atoms with Crippen LogP contribution in [0.25, 0.3) is 0 Å². The fourth-order valence-corrected chi connectivity index (χ4v) is 2.44. The highest BCUT2D eigenvalue weighted by atomic mass is 15.2. The Balaban J connectivity index is 1.40. The Hall–Kier alpha value is -0.120. The molecule has 2 rings (SSSR count). The van der Waals surface area contributed by atoms with Crippen molar-refractivity contribution in [2.24, 2.45) is 5.92 Å². The van der Waals surface area contributed by atoms with E-state index in [1.54, 1.807) is 0 Å². The molecule has 1 atom stereocenters. The highest BCUT2D eigenvalue weighted by Gasteiger charge is 2.13. The van der Waals surface area contributed by atoms with Gasteiger partial charge >= 0.3 is 0 Å². The zero-order chi connectivity index (χ0) is 10.3. The van der Waals surface area contributed by atoms with Crippen LogP contribution in [0.3, 0.4) is 0 Å². The van der Waals surface area contributed by atoms with E-state index in [9.17, 15) is 0 Å². The van der Waals surface area contributed by atoms with Gasteiger partial charge in [-0.1, -0.05) is 0 Å². The van der Waals surface area contributed by atoms with E-state index in [-0.39, 0.29) is 0 Å². The third kappa shape index (κ3) is 4.09. The molecule has 0 aromatic heterocycles. The van der Waals surface area contributed by atoms with Gasteiger partial charge in [0.25, 0.3) is 0 Å². The Bertz CT molecular complexity index is 162. The predicted molar refractivity (Wildman–Crippen MR) is 64.1 cm³/mol. The van der Waals surface area contributed by atoms with Gasteiger partial charge in [-0.3, -0.25) is 0 Å². The number of hydrogen-bond acceptors (Lipinski definition) is 3. The fraction of sp³-hybridized carbons (Fsp3) is 1.00. The summed E-state index contributed by atoms with van der Waals surface area (Å²) in [5.74, 6) is 0.878. The van der Waals surface area contributed by atoms with Crippen molar-refractivity contribution in [3.63, 3.8) is 0 Å². The third-order valence-corrected chi connectivity index (χ3v) is 3.61. The third-order valence-electron chi connectivity index (χ3n) is 3.61. The first-order valence-corrected chi connectivity index (χ1v) is 6.59. The number of rotatable bonds is 6. The minimum Gasteiger partial charge on any atom is -0.316 e. The molecule has 0 radical (unpaired) electrons. The van der Waals surface area contributed by atoms with Gasteiger partial charge in [0.15, 0.2) is 0 Å². The maximum atomic E-state index is 3.59. The SMILES string of the molecule is C1CNCC(CNCCCN2CCC2)C1. The van der Waals surface area contributed by atoms with E-state index in [1.807, 2.05) is 0 Å². The van der Waals surface area contributed by atoms with Crippen molar-refractivity contribution in [3.05, 3.63) is 0 Å². The summed E-state index contributed by atoms with van der Waals surface area (Å²) in [6.07, 6.45) is 5.51. The second kappa shape index (κ2) is 6.46. The highest BCUT2D eigenvalue weighted by molar-refractivity contribution is 4.72. The lowest BCUT2D eigenvalue weighted by Crippen LogP contribution is -2.39. The molecule has 2 heterocycles. The van der Waals surface area contributed by atoms with Gasteiger partial charge in [-0.15, -0.1) is 0 Å². The molecule has 2 aliphatic rings. The topological polar surface area (TPSA) is 27.3 Å². The van der Waals surface area contributed by atoms with Gasteiger partial charge in [0.05, 0.1) is 0 Å². The van der Waals surface area contributed by atoms with Crippen molar-refractivity contribution in [2.75, 3.05) is 45.8 Å². The van der Waals surface area contributed by atoms with Gasteiger partial charge in [0.2, 0.25) is 0 Å². The molecule has 0 bridgehead atoms. The highest BCUT2D eigenvalue weighted by Crippen LogP contribution is 2.08. The minimum absolute atomic E-state index is 0.878. The van der Waals surface area contributed by atoms with E-state index in [2.05, 4.69) is 15.5 Å². The lowest BCUT2D eigenvalue weighted by Gasteiger charge is -2.30. The van der Waals surface area contributed by atoms with Crippen molar-refractivity contribution in [1.82, 2.24) is 15.5 Å². The van der Waals surface area contributed by atoms with Crippen LogP contribution in [0.1, 0.15) is 25.7 Å². The molecule has 0 saturated carbocycles. The molecule has 3 heteroatoms. The molecule has 0 spiro atoms. The standard InChI is InChI=1S/C12H25N3/c1-4-12(10-13-5-1)11-14-6-2-7-15-8-3-9-15/h12-14H,1-11H2. The Morgan fingerprint density at radius 3 is 2.87 bits per heavy atom. The van der Waals surface area contributed by atoms with Gasteiger partial charge in [0, 0.05) is 0 Å². The number of piperidine rings is 1. The lowest BCUT2D eigenvalue weighted by molar-refractivity contribution is 0.178. The van der Waals surface area contributed by atoms with Crippen LogP contribution in [0.15, 0.2) is 0 Å². The van der Waals surface area contributed by atoms with Crippen LogP contribution in [-0.2, 0) is 0 Å². The molecule has 1 unspecified atom stereocenters. The summed E-state index contributed by atoms with van der Waals surface area (Å²) in [5, 5.41) is 7.06. The number of nitrogens with zero attached hydrogens (tertiary/aromatic N) is 1. The maximum absolute atomic E-state index is 3.59. The average molecular weight is 211 g/mol. The van der Waals surface area contributed by atoms with Crippen LogP contribution in [-0.4, -0.2) is 50.7 Å². The summed E-state index contributed by atoms with van der Waals surface area (Å²) in [7, 11) is 0. The van der Waals surface area contributed by atoms with Gasteiger partial charge in [-0.05, 0) is 77.4 Å². The van der Waals surface area contributed by atoms with Crippen molar-refractivity contribution >= 4 is 0 Å². The first-order chi connectivity index (χ1) is 7.45. The summed E-state index contributed by atoms with van der Waals surface area (Å²) < 4.78 is 0. The quantitative estimate of drug-likeness (QED) is 0.632. The van der Waals surface area contributed by atoms with Crippen molar-refractivity contribution in [2.45, 2.75) is 25.7 Å². The molecule has 0 aromatic carbocycles.